The molecule has 0 spiro atoms. The number of aromatic hydroxyl groups is 1. The SMILES string of the molecule is N#Cc1ccccc1S(=O)(=O)NCCCc1ccc(O)cc1. The number of sulfonamides is 1. The first kappa shape index (κ1) is 16.0. The standard InChI is InChI=1S/C16H16N2O3S/c17-12-14-5-1-2-6-16(14)22(20,21)18-11-3-4-13-7-9-15(19)10-8-13/h1-2,5-10,18-19H,3-4,11H2. The number of phenols is 1. The van der Waals surface area contributed by atoms with Gasteiger partial charge in [0.25, 0.3) is 0 Å². The maximum atomic E-state index is 12.2. The van der Waals surface area contributed by atoms with E-state index >= 15 is 0 Å². The van der Waals surface area contributed by atoms with Crippen LogP contribution in [-0.4, -0.2) is 20.1 Å². The zero-order valence-corrected chi connectivity index (χ0v) is 12.7. The number of hydrogen-bond donors (Lipinski definition) is 2. The molecule has 0 radical (unpaired) electrons. The highest BCUT2D eigenvalue weighted by Gasteiger charge is 2.17. The summed E-state index contributed by atoms with van der Waals surface area (Å²) in [6.45, 7) is 0.281. The van der Waals surface area contributed by atoms with Gasteiger partial charge in [-0.3, -0.25) is 0 Å². The van der Waals surface area contributed by atoms with Crippen LogP contribution in [0.25, 0.3) is 0 Å². The molecule has 114 valence electrons. The first-order valence-corrected chi connectivity index (χ1v) is 8.28. The van der Waals surface area contributed by atoms with Crippen LogP contribution in [0.1, 0.15) is 17.5 Å². The van der Waals surface area contributed by atoms with Gasteiger partial charge in [0.15, 0.2) is 0 Å². The minimum absolute atomic E-state index is 0.00198. The molecular formula is C16H16N2O3S. The minimum Gasteiger partial charge on any atom is -0.508 e. The second-order valence-electron chi connectivity index (χ2n) is 4.78. The van der Waals surface area contributed by atoms with E-state index in [-0.39, 0.29) is 22.8 Å². The summed E-state index contributed by atoms with van der Waals surface area (Å²) in [5.41, 5.74) is 1.16. The fraction of sp³-hybridized carbons (Fsp3) is 0.188. The van der Waals surface area contributed by atoms with E-state index in [1.165, 1.54) is 12.1 Å². The van der Waals surface area contributed by atoms with Crippen molar-refractivity contribution in [2.75, 3.05) is 6.54 Å². The zero-order valence-electron chi connectivity index (χ0n) is 11.9. The lowest BCUT2D eigenvalue weighted by molar-refractivity contribution is 0.475. The summed E-state index contributed by atoms with van der Waals surface area (Å²) in [5.74, 6) is 0.206. The van der Waals surface area contributed by atoms with E-state index in [1.54, 1.807) is 36.4 Å². The molecule has 0 amide bonds. The summed E-state index contributed by atoms with van der Waals surface area (Å²) in [7, 11) is -3.68. The van der Waals surface area contributed by atoms with Gasteiger partial charge in [0.2, 0.25) is 10.0 Å². The molecule has 0 saturated heterocycles. The quantitative estimate of drug-likeness (QED) is 0.799. The van der Waals surface area contributed by atoms with Gasteiger partial charge in [-0.1, -0.05) is 24.3 Å². The van der Waals surface area contributed by atoms with Crippen molar-refractivity contribution in [1.29, 1.82) is 5.26 Å². The van der Waals surface area contributed by atoms with Gasteiger partial charge in [-0.25, -0.2) is 13.1 Å². The molecule has 0 heterocycles. The monoisotopic (exact) mass is 316 g/mol. The van der Waals surface area contributed by atoms with Crippen molar-refractivity contribution in [2.45, 2.75) is 17.7 Å². The fourth-order valence-corrected chi connectivity index (χ4v) is 3.26. The van der Waals surface area contributed by atoms with E-state index in [0.717, 1.165) is 5.56 Å². The van der Waals surface area contributed by atoms with E-state index in [0.29, 0.717) is 12.8 Å². The first-order chi connectivity index (χ1) is 10.5. The maximum absolute atomic E-state index is 12.2. The Bertz CT molecular complexity index is 778. The summed E-state index contributed by atoms with van der Waals surface area (Å²) in [4.78, 5) is 0.00198. The summed E-state index contributed by atoms with van der Waals surface area (Å²) in [6.07, 6.45) is 1.32. The van der Waals surface area contributed by atoms with Crippen LogP contribution in [0.3, 0.4) is 0 Å². The van der Waals surface area contributed by atoms with Crippen molar-refractivity contribution in [3.05, 3.63) is 59.7 Å². The lowest BCUT2D eigenvalue weighted by Crippen LogP contribution is -2.25. The lowest BCUT2D eigenvalue weighted by atomic mass is 10.1. The highest BCUT2D eigenvalue weighted by Crippen LogP contribution is 2.14. The van der Waals surface area contributed by atoms with Gasteiger partial charge < -0.3 is 5.11 Å². The normalized spacial score (nSPS) is 11.0. The van der Waals surface area contributed by atoms with Crippen molar-refractivity contribution < 1.29 is 13.5 Å². The van der Waals surface area contributed by atoms with Crippen LogP contribution in [0.5, 0.6) is 5.75 Å². The topological polar surface area (TPSA) is 90.2 Å². The lowest BCUT2D eigenvalue weighted by Gasteiger charge is -2.08. The Morgan fingerprint density at radius 2 is 1.77 bits per heavy atom. The van der Waals surface area contributed by atoms with Crippen LogP contribution < -0.4 is 4.72 Å². The smallest absolute Gasteiger partial charge is 0.241 e. The summed E-state index contributed by atoms with van der Waals surface area (Å²) in [5, 5.41) is 18.2. The molecule has 2 N–H and O–H groups in total. The Hall–Kier alpha value is -2.36. The molecule has 6 heteroatoms. The molecule has 0 fully saturated rings. The van der Waals surface area contributed by atoms with Gasteiger partial charge in [0.1, 0.15) is 11.8 Å². The number of nitrogens with zero attached hydrogens (tertiary/aromatic N) is 1. The fourth-order valence-electron chi connectivity index (χ4n) is 2.03. The van der Waals surface area contributed by atoms with Crippen LogP contribution in [0.15, 0.2) is 53.4 Å². The molecule has 22 heavy (non-hydrogen) atoms. The van der Waals surface area contributed by atoms with Crippen molar-refractivity contribution in [3.8, 4) is 11.8 Å². The van der Waals surface area contributed by atoms with E-state index in [9.17, 15) is 13.5 Å². The van der Waals surface area contributed by atoms with Crippen molar-refractivity contribution in [1.82, 2.24) is 4.72 Å². The first-order valence-electron chi connectivity index (χ1n) is 6.79. The summed E-state index contributed by atoms with van der Waals surface area (Å²) >= 11 is 0. The number of rotatable bonds is 6. The molecule has 5 nitrogen and oxygen atoms in total. The van der Waals surface area contributed by atoms with Crippen LogP contribution in [0.2, 0.25) is 0 Å². The average molecular weight is 316 g/mol. The molecule has 0 saturated carbocycles. The Labute approximate surface area is 129 Å². The second-order valence-corrected chi connectivity index (χ2v) is 6.51. The van der Waals surface area contributed by atoms with Gasteiger partial charge in [0.05, 0.1) is 10.5 Å². The zero-order chi connectivity index (χ0) is 16.0. The third kappa shape index (κ3) is 4.07. The van der Waals surface area contributed by atoms with Gasteiger partial charge in [0, 0.05) is 6.54 Å². The van der Waals surface area contributed by atoms with Crippen LogP contribution >= 0.6 is 0 Å². The van der Waals surface area contributed by atoms with Gasteiger partial charge in [-0.2, -0.15) is 5.26 Å². The Morgan fingerprint density at radius 1 is 1.09 bits per heavy atom. The molecule has 2 aromatic rings. The number of phenolic OH excluding ortho intramolecular Hbond substituents is 1. The second kappa shape index (κ2) is 7.07. The van der Waals surface area contributed by atoms with E-state index in [2.05, 4.69) is 4.72 Å². The highest BCUT2D eigenvalue weighted by atomic mass is 32.2. The number of aryl methyl sites for hydroxylation is 1. The third-order valence-electron chi connectivity index (χ3n) is 3.17. The molecule has 0 unspecified atom stereocenters. The van der Waals surface area contributed by atoms with Crippen molar-refractivity contribution in [2.24, 2.45) is 0 Å². The van der Waals surface area contributed by atoms with Crippen molar-refractivity contribution in [3.63, 3.8) is 0 Å². The molecule has 0 bridgehead atoms. The molecule has 0 aromatic heterocycles. The third-order valence-corrected chi connectivity index (χ3v) is 4.69. The molecule has 2 rings (SSSR count). The minimum atomic E-state index is -3.68. The Balaban J connectivity index is 1.93. The van der Waals surface area contributed by atoms with E-state index in [4.69, 9.17) is 5.26 Å². The largest absolute Gasteiger partial charge is 0.508 e. The number of nitrogens with one attached hydrogen (secondary N) is 1. The Kier molecular flexibility index (Phi) is 5.15. The predicted octanol–water partition coefficient (Wildman–Crippen LogP) is 2.17. The van der Waals surface area contributed by atoms with E-state index in [1.807, 2.05) is 6.07 Å². The molecule has 0 atom stereocenters. The summed E-state index contributed by atoms with van der Waals surface area (Å²) in [6, 6.07) is 14.8. The summed E-state index contributed by atoms with van der Waals surface area (Å²) < 4.78 is 26.8. The molecule has 0 aliphatic rings. The van der Waals surface area contributed by atoms with E-state index < -0.39 is 10.0 Å². The number of nitriles is 1. The molecule has 0 aliphatic carbocycles. The molecule has 0 aliphatic heterocycles. The van der Waals surface area contributed by atoms with Gasteiger partial charge >= 0.3 is 0 Å². The van der Waals surface area contributed by atoms with Crippen LogP contribution in [0.4, 0.5) is 0 Å². The molecule has 2 aromatic carbocycles. The van der Waals surface area contributed by atoms with Crippen LogP contribution in [-0.2, 0) is 16.4 Å². The maximum Gasteiger partial charge on any atom is 0.241 e. The number of hydrogen-bond acceptors (Lipinski definition) is 4. The van der Waals surface area contributed by atoms with Gasteiger partial charge in [-0.15, -0.1) is 0 Å². The average Bonchev–Trinajstić information content (AvgIpc) is 2.53. The van der Waals surface area contributed by atoms with Gasteiger partial charge in [-0.05, 0) is 42.7 Å². The Morgan fingerprint density at radius 3 is 2.45 bits per heavy atom. The predicted molar refractivity (Wildman–Crippen MR) is 82.8 cm³/mol. The molecular weight excluding hydrogens is 300 g/mol. The number of benzene rings is 2. The van der Waals surface area contributed by atoms with Crippen molar-refractivity contribution >= 4 is 10.0 Å². The highest BCUT2D eigenvalue weighted by molar-refractivity contribution is 7.89. The van der Waals surface area contributed by atoms with Crippen LogP contribution in [0, 0.1) is 11.3 Å².